The molecule has 0 unspecified atom stereocenters. The second kappa shape index (κ2) is 8.32. The minimum Gasteiger partial charge on any atom is -0.494 e. The Morgan fingerprint density at radius 3 is 2.95 bits per heavy atom. The normalized spacial score (nSPS) is 12.5. The van der Waals surface area contributed by atoms with Crippen LogP contribution in [0.3, 0.4) is 0 Å². The Hall–Kier alpha value is -1.81. The van der Waals surface area contributed by atoms with Crippen molar-refractivity contribution >= 4 is 12.0 Å². The molecule has 4 heteroatoms. The number of rotatable bonds is 8. The Kier molecular flexibility index (Phi) is 6.68. The monoisotopic (exact) mass is 264 g/mol. The van der Waals surface area contributed by atoms with Crippen molar-refractivity contribution < 1.29 is 19.7 Å². The molecule has 104 valence electrons. The van der Waals surface area contributed by atoms with Gasteiger partial charge in [-0.2, -0.15) is 0 Å². The highest BCUT2D eigenvalue weighted by atomic mass is 16.5. The fourth-order valence-corrected chi connectivity index (χ4v) is 1.48. The highest BCUT2D eigenvalue weighted by Crippen LogP contribution is 2.15. The van der Waals surface area contributed by atoms with E-state index in [4.69, 9.17) is 14.9 Å². The molecular formula is C15H20O4. The van der Waals surface area contributed by atoms with Gasteiger partial charge in [-0.3, -0.25) is 0 Å². The fraction of sp³-hybridized carbons (Fsp3) is 0.400. The molecule has 1 atom stereocenters. The predicted octanol–water partition coefficient (Wildman–Crippen LogP) is 2.71. The van der Waals surface area contributed by atoms with Crippen molar-refractivity contribution in [2.24, 2.45) is 0 Å². The summed E-state index contributed by atoms with van der Waals surface area (Å²) in [5.41, 5.74) is 0.923. The van der Waals surface area contributed by atoms with E-state index in [0.717, 1.165) is 24.2 Å². The van der Waals surface area contributed by atoms with Gasteiger partial charge in [0.2, 0.25) is 0 Å². The Balaban J connectivity index is 2.51. The SMILES string of the molecule is CCCCOc1cccc(/C=C/C[C@@H](O)C(=O)O)c1. The maximum atomic E-state index is 10.4. The van der Waals surface area contributed by atoms with Crippen LogP contribution < -0.4 is 4.74 Å². The summed E-state index contributed by atoms with van der Waals surface area (Å²) in [6, 6.07) is 7.56. The van der Waals surface area contributed by atoms with Crippen molar-refractivity contribution in [3.8, 4) is 5.75 Å². The molecule has 0 spiro atoms. The van der Waals surface area contributed by atoms with Gasteiger partial charge in [-0.15, -0.1) is 0 Å². The number of unbranched alkanes of at least 4 members (excludes halogenated alkanes) is 1. The van der Waals surface area contributed by atoms with Gasteiger partial charge in [0.15, 0.2) is 6.10 Å². The van der Waals surface area contributed by atoms with Gasteiger partial charge in [0.1, 0.15) is 5.75 Å². The number of carboxylic acid groups (broad SMARTS) is 1. The van der Waals surface area contributed by atoms with E-state index in [1.165, 1.54) is 0 Å². The Bertz CT molecular complexity index is 426. The Morgan fingerprint density at radius 2 is 2.26 bits per heavy atom. The first kappa shape index (κ1) is 15.2. The van der Waals surface area contributed by atoms with E-state index in [0.29, 0.717) is 6.61 Å². The number of hydrogen-bond acceptors (Lipinski definition) is 3. The summed E-state index contributed by atoms with van der Waals surface area (Å²) in [4.78, 5) is 10.4. The molecule has 1 aromatic rings. The number of carboxylic acids is 1. The quantitative estimate of drug-likeness (QED) is 0.708. The van der Waals surface area contributed by atoms with Gasteiger partial charge in [0.05, 0.1) is 6.61 Å². The number of aliphatic carboxylic acids is 1. The molecule has 1 rings (SSSR count). The van der Waals surface area contributed by atoms with Crippen LogP contribution in [0.5, 0.6) is 5.75 Å². The number of benzene rings is 1. The van der Waals surface area contributed by atoms with Crippen molar-refractivity contribution in [2.45, 2.75) is 32.3 Å². The van der Waals surface area contributed by atoms with Crippen molar-refractivity contribution in [2.75, 3.05) is 6.61 Å². The molecule has 0 aliphatic carbocycles. The van der Waals surface area contributed by atoms with E-state index in [1.54, 1.807) is 12.2 Å². The van der Waals surface area contributed by atoms with Gasteiger partial charge >= 0.3 is 5.97 Å². The zero-order valence-corrected chi connectivity index (χ0v) is 11.1. The minimum atomic E-state index is -1.35. The first-order valence-corrected chi connectivity index (χ1v) is 6.43. The van der Waals surface area contributed by atoms with Crippen LogP contribution in [-0.4, -0.2) is 28.9 Å². The molecule has 0 heterocycles. The molecule has 0 bridgehead atoms. The number of ether oxygens (including phenoxy) is 1. The molecule has 0 aliphatic heterocycles. The van der Waals surface area contributed by atoms with Crippen LogP contribution in [0.1, 0.15) is 31.7 Å². The summed E-state index contributed by atoms with van der Waals surface area (Å²) in [7, 11) is 0. The van der Waals surface area contributed by atoms with Crippen LogP contribution in [0.2, 0.25) is 0 Å². The van der Waals surface area contributed by atoms with E-state index in [1.807, 2.05) is 24.3 Å². The van der Waals surface area contributed by atoms with Gasteiger partial charge in [0.25, 0.3) is 0 Å². The van der Waals surface area contributed by atoms with Crippen LogP contribution in [-0.2, 0) is 4.79 Å². The van der Waals surface area contributed by atoms with E-state index in [2.05, 4.69) is 6.92 Å². The third kappa shape index (κ3) is 6.06. The third-order valence-electron chi connectivity index (χ3n) is 2.58. The predicted molar refractivity (Wildman–Crippen MR) is 74.1 cm³/mol. The molecule has 0 saturated carbocycles. The molecule has 0 saturated heterocycles. The molecule has 0 amide bonds. The minimum absolute atomic E-state index is 0.0935. The van der Waals surface area contributed by atoms with Gasteiger partial charge in [-0.1, -0.05) is 37.6 Å². The van der Waals surface area contributed by atoms with Gasteiger partial charge in [0, 0.05) is 6.42 Å². The molecule has 19 heavy (non-hydrogen) atoms. The second-order valence-electron chi connectivity index (χ2n) is 4.27. The summed E-state index contributed by atoms with van der Waals surface area (Å²) in [6.45, 7) is 2.80. The van der Waals surface area contributed by atoms with Crippen molar-refractivity contribution in [3.63, 3.8) is 0 Å². The molecule has 0 aromatic heterocycles. The van der Waals surface area contributed by atoms with Crippen LogP contribution in [0.15, 0.2) is 30.3 Å². The lowest BCUT2D eigenvalue weighted by molar-refractivity contribution is -0.146. The Morgan fingerprint density at radius 1 is 1.47 bits per heavy atom. The third-order valence-corrected chi connectivity index (χ3v) is 2.58. The standard InChI is InChI=1S/C15H20O4/c1-2-3-10-19-13-8-4-6-12(11-13)7-5-9-14(16)15(17)18/h4-8,11,14,16H,2-3,9-10H2,1H3,(H,17,18)/b7-5+/t14-/m1/s1. The van der Waals surface area contributed by atoms with Gasteiger partial charge in [-0.05, 0) is 24.1 Å². The van der Waals surface area contributed by atoms with Gasteiger partial charge in [-0.25, -0.2) is 4.79 Å². The molecule has 4 nitrogen and oxygen atoms in total. The molecule has 0 aliphatic rings. The fourth-order valence-electron chi connectivity index (χ4n) is 1.48. The average Bonchev–Trinajstić information content (AvgIpc) is 2.39. The summed E-state index contributed by atoms with van der Waals surface area (Å²) in [5, 5.41) is 17.7. The molecular weight excluding hydrogens is 244 g/mol. The average molecular weight is 264 g/mol. The van der Waals surface area contributed by atoms with E-state index in [9.17, 15) is 4.79 Å². The van der Waals surface area contributed by atoms with E-state index in [-0.39, 0.29) is 6.42 Å². The molecule has 1 aromatic carbocycles. The van der Waals surface area contributed by atoms with Gasteiger partial charge < -0.3 is 14.9 Å². The first-order chi connectivity index (χ1) is 9.13. The van der Waals surface area contributed by atoms with E-state index < -0.39 is 12.1 Å². The molecule has 0 fully saturated rings. The topological polar surface area (TPSA) is 66.8 Å². The van der Waals surface area contributed by atoms with Crippen molar-refractivity contribution in [1.82, 2.24) is 0 Å². The second-order valence-corrected chi connectivity index (χ2v) is 4.27. The zero-order chi connectivity index (χ0) is 14.1. The number of aliphatic hydroxyl groups excluding tert-OH is 1. The lowest BCUT2D eigenvalue weighted by Crippen LogP contribution is -2.17. The Labute approximate surface area is 113 Å². The van der Waals surface area contributed by atoms with Crippen LogP contribution in [0.4, 0.5) is 0 Å². The summed E-state index contributed by atoms with van der Waals surface area (Å²) in [5.74, 6) is -0.407. The maximum absolute atomic E-state index is 10.4. The van der Waals surface area contributed by atoms with Crippen LogP contribution in [0, 0.1) is 0 Å². The number of carbonyl (C=O) groups is 1. The highest BCUT2D eigenvalue weighted by Gasteiger charge is 2.09. The zero-order valence-electron chi connectivity index (χ0n) is 11.1. The lowest BCUT2D eigenvalue weighted by Gasteiger charge is -2.05. The maximum Gasteiger partial charge on any atom is 0.332 e. The van der Waals surface area contributed by atoms with E-state index >= 15 is 0 Å². The lowest BCUT2D eigenvalue weighted by atomic mass is 10.1. The first-order valence-electron chi connectivity index (χ1n) is 6.43. The largest absolute Gasteiger partial charge is 0.494 e. The van der Waals surface area contributed by atoms with Crippen LogP contribution in [0.25, 0.3) is 6.08 Å². The van der Waals surface area contributed by atoms with Crippen LogP contribution >= 0.6 is 0 Å². The van der Waals surface area contributed by atoms with Crippen molar-refractivity contribution in [1.29, 1.82) is 0 Å². The smallest absolute Gasteiger partial charge is 0.332 e. The number of aliphatic hydroxyl groups is 1. The molecule has 2 N–H and O–H groups in total. The summed E-state index contributed by atoms with van der Waals surface area (Å²) < 4.78 is 5.58. The number of hydrogen-bond donors (Lipinski definition) is 2. The summed E-state index contributed by atoms with van der Waals surface area (Å²) >= 11 is 0. The highest BCUT2D eigenvalue weighted by molar-refractivity contribution is 5.72. The summed E-state index contributed by atoms with van der Waals surface area (Å²) in [6.07, 6.45) is 4.27. The molecule has 0 radical (unpaired) electrons. The van der Waals surface area contributed by atoms with Crippen molar-refractivity contribution in [3.05, 3.63) is 35.9 Å².